The number of esters is 2. The van der Waals surface area contributed by atoms with E-state index in [1.807, 2.05) is 19.1 Å². The van der Waals surface area contributed by atoms with Crippen LogP contribution in [0.15, 0.2) is 48.5 Å². The highest BCUT2D eigenvalue weighted by atomic mass is 16.5. The van der Waals surface area contributed by atoms with E-state index in [2.05, 4.69) is 13.8 Å². The summed E-state index contributed by atoms with van der Waals surface area (Å²) in [5.74, 6) is 0.591. The van der Waals surface area contributed by atoms with Gasteiger partial charge in [0.05, 0.1) is 12.2 Å². The summed E-state index contributed by atoms with van der Waals surface area (Å²) in [5, 5.41) is 0. The SMILES string of the molecule is CCCCCCCCOc1ccc(C(=O)Oc2ccc(C(C)OC(=O)CCCCC)cc2)cc1. The maximum absolute atomic E-state index is 12.5. The molecule has 0 heterocycles. The quantitative estimate of drug-likeness (QED) is 0.143. The third-order valence-electron chi connectivity index (χ3n) is 5.71. The van der Waals surface area contributed by atoms with E-state index in [1.165, 1.54) is 32.1 Å². The van der Waals surface area contributed by atoms with Gasteiger partial charge in [-0.15, -0.1) is 0 Å². The van der Waals surface area contributed by atoms with E-state index in [4.69, 9.17) is 14.2 Å². The second-order valence-corrected chi connectivity index (χ2v) is 8.69. The fraction of sp³-hybridized carbons (Fsp3) is 0.517. The summed E-state index contributed by atoms with van der Waals surface area (Å²) in [6.45, 7) is 6.85. The van der Waals surface area contributed by atoms with Crippen molar-refractivity contribution in [3.63, 3.8) is 0 Å². The van der Waals surface area contributed by atoms with Gasteiger partial charge in [0.2, 0.25) is 0 Å². The molecule has 0 bridgehead atoms. The fourth-order valence-corrected chi connectivity index (χ4v) is 3.58. The molecule has 2 aromatic carbocycles. The minimum absolute atomic E-state index is 0.184. The Morgan fingerprint density at radius 2 is 1.32 bits per heavy atom. The molecule has 5 heteroatoms. The molecule has 1 unspecified atom stereocenters. The van der Waals surface area contributed by atoms with E-state index in [1.54, 1.807) is 36.4 Å². The van der Waals surface area contributed by atoms with Crippen molar-refractivity contribution in [2.75, 3.05) is 6.61 Å². The van der Waals surface area contributed by atoms with Gasteiger partial charge in [0.15, 0.2) is 0 Å². The molecule has 0 saturated heterocycles. The molecule has 5 nitrogen and oxygen atoms in total. The predicted molar refractivity (Wildman–Crippen MR) is 135 cm³/mol. The first-order valence-electron chi connectivity index (χ1n) is 12.8. The molecule has 0 spiro atoms. The lowest BCUT2D eigenvalue weighted by atomic mass is 10.1. The molecule has 1 atom stereocenters. The van der Waals surface area contributed by atoms with Crippen molar-refractivity contribution < 1.29 is 23.8 Å². The van der Waals surface area contributed by atoms with E-state index in [0.29, 0.717) is 24.3 Å². The molecule has 0 amide bonds. The maximum atomic E-state index is 12.5. The van der Waals surface area contributed by atoms with Gasteiger partial charge in [0.25, 0.3) is 0 Å². The Balaban J connectivity index is 1.76. The Hall–Kier alpha value is -2.82. The van der Waals surface area contributed by atoms with Crippen LogP contribution in [0.3, 0.4) is 0 Å². The minimum Gasteiger partial charge on any atom is -0.494 e. The summed E-state index contributed by atoms with van der Waals surface area (Å²) >= 11 is 0. The molecule has 0 radical (unpaired) electrons. The zero-order valence-electron chi connectivity index (χ0n) is 21.0. The maximum Gasteiger partial charge on any atom is 0.343 e. The van der Waals surface area contributed by atoms with Gasteiger partial charge < -0.3 is 14.2 Å². The van der Waals surface area contributed by atoms with Crippen LogP contribution in [0.25, 0.3) is 0 Å². The normalized spacial score (nSPS) is 11.6. The van der Waals surface area contributed by atoms with Crippen LogP contribution in [0.1, 0.15) is 107 Å². The third kappa shape index (κ3) is 10.4. The first kappa shape index (κ1) is 27.4. The summed E-state index contributed by atoms with van der Waals surface area (Å²) in [6, 6.07) is 14.1. The van der Waals surface area contributed by atoms with E-state index in [-0.39, 0.29) is 12.1 Å². The minimum atomic E-state index is -0.425. The summed E-state index contributed by atoms with van der Waals surface area (Å²) < 4.78 is 16.7. The third-order valence-corrected chi connectivity index (χ3v) is 5.71. The van der Waals surface area contributed by atoms with Gasteiger partial charge in [-0.05, 0) is 61.7 Å². The number of benzene rings is 2. The topological polar surface area (TPSA) is 61.8 Å². The lowest BCUT2D eigenvalue weighted by Gasteiger charge is -2.14. The van der Waals surface area contributed by atoms with Crippen LogP contribution in [0.4, 0.5) is 0 Å². The largest absolute Gasteiger partial charge is 0.494 e. The van der Waals surface area contributed by atoms with Crippen LogP contribution in [0, 0.1) is 0 Å². The Bertz CT molecular complexity index is 842. The Morgan fingerprint density at radius 1 is 0.735 bits per heavy atom. The van der Waals surface area contributed by atoms with Gasteiger partial charge in [-0.2, -0.15) is 0 Å². The van der Waals surface area contributed by atoms with Crippen LogP contribution in [0.5, 0.6) is 11.5 Å². The average Bonchev–Trinajstić information content (AvgIpc) is 2.84. The van der Waals surface area contributed by atoms with Gasteiger partial charge in [-0.25, -0.2) is 4.79 Å². The summed E-state index contributed by atoms with van der Waals surface area (Å²) in [6.07, 6.45) is 10.4. The van der Waals surface area contributed by atoms with Crippen molar-refractivity contribution in [2.45, 2.75) is 91.1 Å². The number of carbonyl (C=O) groups is 2. The van der Waals surface area contributed by atoms with Crippen LogP contribution < -0.4 is 9.47 Å². The molecular formula is C29H40O5. The first-order chi connectivity index (χ1) is 16.5. The second-order valence-electron chi connectivity index (χ2n) is 8.69. The van der Waals surface area contributed by atoms with Crippen LogP contribution in [-0.2, 0) is 9.53 Å². The lowest BCUT2D eigenvalue weighted by molar-refractivity contribution is -0.148. The monoisotopic (exact) mass is 468 g/mol. The molecule has 0 aromatic heterocycles. The van der Waals surface area contributed by atoms with Gasteiger partial charge in [-0.1, -0.05) is 70.9 Å². The highest BCUT2D eigenvalue weighted by Gasteiger charge is 2.13. The van der Waals surface area contributed by atoms with Crippen LogP contribution in [0.2, 0.25) is 0 Å². The second kappa shape index (κ2) is 15.9. The van der Waals surface area contributed by atoms with E-state index >= 15 is 0 Å². The molecule has 0 N–H and O–H groups in total. The molecule has 34 heavy (non-hydrogen) atoms. The van der Waals surface area contributed by atoms with Gasteiger partial charge >= 0.3 is 11.9 Å². The number of carbonyl (C=O) groups excluding carboxylic acids is 2. The smallest absolute Gasteiger partial charge is 0.343 e. The van der Waals surface area contributed by atoms with Crippen molar-refractivity contribution in [1.82, 2.24) is 0 Å². The fourth-order valence-electron chi connectivity index (χ4n) is 3.58. The van der Waals surface area contributed by atoms with E-state index in [9.17, 15) is 9.59 Å². The molecule has 186 valence electrons. The highest BCUT2D eigenvalue weighted by molar-refractivity contribution is 5.91. The summed E-state index contributed by atoms with van der Waals surface area (Å²) in [4.78, 5) is 24.4. The highest BCUT2D eigenvalue weighted by Crippen LogP contribution is 2.22. The van der Waals surface area contributed by atoms with E-state index in [0.717, 1.165) is 37.0 Å². The van der Waals surface area contributed by atoms with Gasteiger partial charge in [0, 0.05) is 6.42 Å². The Kier molecular flexibility index (Phi) is 12.8. The van der Waals surface area contributed by atoms with Crippen molar-refractivity contribution in [2.24, 2.45) is 0 Å². The first-order valence-corrected chi connectivity index (χ1v) is 12.8. The molecule has 0 aliphatic heterocycles. The summed E-state index contributed by atoms with van der Waals surface area (Å²) in [7, 11) is 0. The molecule has 0 aliphatic carbocycles. The molecule has 0 aliphatic rings. The van der Waals surface area contributed by atoms with Gasteiger partial charge in [0.1, 0.15) is 17.6 Å². The Morgan fingerprint density at radius 3 is 2.00 bits per heavy atom. The Labute approximate surface area is 204 Å². The van der Waals surface area contributed by atoms with Crippen LogP contribution in [-0.4, -0.2) is 18.5 Å². The number of rotatable bonds is 16. The van der Waals surface area contributed by atoms with Crippen LogP contribution >= 0.6 is 0 Å². The lowest BCUT2D eigenvalue weighted by Crippen LogP contribution is -2.10. The predicted octanol–water partition coefficient (Wildman–Crippen LogP) is 7.83. The van der Waals surface area contributed by atoms with Gasteiger partial charge in [-0.3, -0.25) is 4.79 Å². The molecule has 0 fully saturated rings. The molecule has 0 saturated carbocycles. The average molecular weight is 469 g/mol. The van der Waals surface area contributed by atoms with Crippen molar-refractivity contribution >= 4 is 11.9 Å². The summed E-state index contributed by atoms with van der Waals surface area (Å²) in [5.41, 5.74) is 1.32. The number of hydrogen-bond donors (Lipinski definition) is 0. The zero-order chi connectivity index (χ0) is 24.6. The number of unbranched alkanes of at least 4 members (excludes halogenated alkanes) is 7. The van der Waals surface area contributed by atoms with Crippen molar-refractivity contribution in [3.05, 3.63) is 59.7 Å². The molecule has 2 rings (SSSR count). The van der Waals surface area contributed by atoms with Crippen molar-refractivity contribution in [3.8, 4) is 11.5 Å². The molecular weight excluding hydrogens is 428 g/mol. The number of hydrogen-bond acceptors (Lipinski definition) is 5. The number of ether oxygens (including phenoxy) is 3. The molecule has 2 aromatic rings. The zero-order valence-corrected chi connectivity index (χ0v) is 21.0. The standard InChI is InChI=1S/C29H40O5/c1-4-6-8-9-10-12-22-32-26-18-16-25(17-19-26)29(31)34-27-20-14-24(15-21-27)23(3)33-28(30)13-11-7-5-2/h14-21,23H,4-13,22H2,1-3H3. The van der Waals surface area contributed by atoms with Crippen molar-refractivity contribution in [1.29, 1.82) is 0 Å². The van der Waals surface area contributed by atoms with E-state index < -0.39 is 5.97 Å².